The van der Waals surface area contributed by atoms with E-state index in [-0.39, 0.29) is 0 Å². The van der Waals surface area contributed by atoms with Crippen LogP contribution in [0.4, 0.5) is 0 Å². The molecule has 5 aromatic carbocycles. The summed E-state index contributed by atoms with van der Waals surface area (Å²) in [5, 5.41) is 5.80. The third kappa shape index (κ3) is 3.99. The molecule has 0 radical (unpaired) electrons. The lowest BCUT2D eigenvalue weighted by molar-refractivity contribution is 0.668. The molecule has 226 valence electrons. The molecule has 5 heterocycles. The van der Waals surface area contributed by atoms with Gasteiger partial charge in [0.15, 0.2) is 11.4 Å². The summed E-state index contributed by atoms with van der Waals surface area (Å²) in [5.74, 6) is 0.816. The van der Waals surface area contributed by atoms with Gasteiger partial charge in [-0.05, 0) is 90.0 Å². The van der Waals surface area contributed by atoms with E-state index in [0.717, 1.165) is 61.2 Å². The summed E-state index contributed by atoms with van der Waals surface area (Å²) < 4.78 is 10.6. The van der Waals surface area contributed by atoms with Crippen molar-refractivity contribution in [3.8, 4) is 22.6 Å². The van der Waals surface area contributed by atoms with Crippen molar-refractivity contribution >= 4 is 65.7 Å². The first-order chi connectivity index (χ1) is 23.8. The number of hydrogen-bond donors (Lipinski definition) is 1. The summed E-state index contributed by atoms with van der Waals surface area (Å²) in [6, 6.07) is 46.8. The number of H-pyrrole nitrogens is 1. The Morgan fingerprint density at radius 1 is 0.479 bits per heavy atom. The number of hydrogen-bond acceptors (Lipinski definition) is 3. The predicted molar refractivity (Wildman–Crippen MR) is 195 cm³/mol. The largest absolute Gasteiger partial charge is 0.454 e. The van der Waals surface area contributed by atoms with Crippen LogP contribution in [-0.4, -0.2) is 24.1 Å². The first kappa shape index (κ1) is 26.5. The second-order valence-corrected chi connectivity index (χ2v) is 12.0. The van der Waals surface area contributed by atoms with Crippen LogP contribution in [0.15, 0.2) is 163 Å². The summed E-state index contributed by atoms with van der Waals surface area (Å²) in [6.07, 6.45) is 7.49. The summed E-state index contributed by atoms with van der Waals surface area (Å²) in [7, 11) is 0. The first-order valence-electron chi connectivity index (χ1n) is 16.0. The van der Waals surface area contributed by atoms with Crippen molar-refractivity contribution in [3.05, 3.63) is 158 Å². The molecule has 10 aromatic rings. The zero-order chi connectivity index (χ0) is 31.6. The average Bonchev–Trinajstić information content (AvgIpc) is 3.81. The Hall–Kier alpha value is -6.66. The molecule has 0 aliphatic carbocycles. The minimum Gasteiger partial charge on any atom is -0.454 e. The molecule has 0 bridgehead atoms. The zero-order valence-electron chi connectivity index (χ0n) is 25.7. The van der Waals surface area contributed by atoms with Crippen molar-refractivity contribution in [2.24, 2.45) is 0 Å². The van der Waals surface area contributed by atoms with Crippen molar-refractivity contribution in [3.63, 3.8) is 0 Å². The van der Waals surface area contributed by atoms with Crippen molar-refractivity contribution in [1.82, 2.24) is 24.1 Å². The van der Waals surface area contributed by atoms with E-state index in [1.807, 2.05) is 55.1 Å². The maximum absolute atomic E-state index is 6.08. The highest BCUT2D eigenvalue weighted by atomic mass is 16.3. The number of aromatic amines is 1. The van der Waals surface area contributed by atoms with E-state index in [1.165, 1.54) is 27.1 Å². The molecule has 0 amide bonds. The third-order valence-electron chi connectivity index (χ3n) is 9.29. The summed E-state index contributed by atoms with van der Waals surface area (Å²) in [5.41, 5.74) is 10.4. The minimum absolute atomic E-state index is 0.798. The number of pyridine rings is 1. The highest BCUT2D eigenvalue weighted by Crippen LogP contribution is 2.39. The van der Waals surface area contributed by atoms with E-state index in [9.17, 15) is 0 Å². The molecule has 0 aliphatic heterocycles. The van der Waals surface area contributed by atoms with Crippen LogP contribution in [0.3, 0.4) is 0 Å². The number of nitrogens with zero attached hydrogens (tertiary/aromatic N) is 4. The fraction of sp³-hybridized carbons (Fsp3) is 0. The molecule has 0 aliphatic rings. The molecule has 1 N–H and O–H groups in total. The van der Waals surface area contributed by atoms with Gasteiger partial charge in [0.25, 0.3) is 0 Å². The van der Waals surface area contributed by atoms with Gasteiger partial charge in [-0.3, -0.25) is 9.55 Å². The Labute approximate surface area is 274 Å². The Morgan fingerprint density at radius 3 is 1.96 bits per heavy atom. The molecule has 0 saturated carbocycles. The van der Waals surface area contributed by atoms with E-state index < -0.39 is 0 Å². The van der Waals surface area contributed by atoms with Gasteiger partial charge in [-0.15, -0.1) is 0 Å². The number of para-hydroxylation sites is 2. The lowest BCUT2D eigenvalue weighted by atomic mass is 10.0. The minimum atomic E-state index is 0.798. The van der Waals surface area contributed by atoms with Crippen LogP contribution in [0, 0.1) is 0 Å². The van der Waals surface area contributed by atoms with E-state index in [0.29, 0.717) is 0 Å². The van der Waals surface area contributed by atoms with Crippen molar-refractivity contribution in [2.75, 3.05) is 0 Å². The lowest BCUT2D eigenvalue weighted by Crippen LogP contribution is -1.95. The average molecular weight is 618 g/mol. The molecule has 5 aromatic heterocycles. The van der Waals surface area contributed by atoms with Gasteiger partial charge in [0.2, 0.25) is 0 Å². The van der Waals surface area contributed by atoms with Gasteiger partial charge in [0.05, 0.1) is 22.1 Å². The highest BCUT2D eigenvalue weighted by molar-refractivity contribution is 6.13. The van der Waals surface area contributed by atoms with Gasteiger partial charge in [-0.25, -0.2) is 4.98 Å². The van der Waals surface area contributed by atoms with E-state index in [2.05, 4.69) is 122 Å². The fourth-order valence-corrected chi connectivity index (χ4v) is 7.18. The van der Waals surface area contributed by atoms with E-state index >= 15 is 0 Å². The second-order valence-electron chi connectivity index (χ2n) is 12.0. The number of aromatic nitrogens is 5. The molecule has 10 rings (SSSR count). The predicted octanol–water partition coefficient (Wildman–Crippen LogP) is 10.7. The van der Waals surface area contributed by atoms with Crippen LogP contribution >= 0.6 is 0 Å². The van der Waals surface area contributed by atoms with Crippen LogP contribution in [0.5, 0.6) is 0 Å². The molecule has 0 spiro atoms. The smallest absolute Gasteiger partial charge is 0.153 e. The van der Waals surface area contributed by atoms with Crippen LogP contribution in [-0.2, 0) is 0 Å². The molecule has 48 heavy (non-hydrogen) atoms. The van der Waals surface area contributed by atoms with Gasteiger partial charge in [0.1, 0.15) is 11.1 Å². The summed E-state index contributed by atoms with van der Waals surface area (Å²) >= 11 is 0. The Morgan fingerprint density at radius 2 is 1.17 bits per heavy atom. The number of benzene rings is 5. The lowest BCUT2D eigenvalue weighted by Gasteiger charge is -2.09. The number of furan rings is 1. The monoisotopic (exact) mass is 617 g/mol. The maximum Gasteiger partial charge on any atom is 0.153 e. The SMILES string of the molecule is c1ccnc(-n2c3ccccc3c3cc(-c4ccc5c(c4)c4ccccc4n5-c4ccc5oc6cccnc6c5c4)ccc32)c[nH]cc1. The van der Waals surface area contributed by atoms with Crippen molar-refractivity contribution in [2.45, 2.75) is 0 Å². The van der Waals surface area contributed by atoms with E-state index in [4.69, 9.17) is 9.40 Å². The number of rotatable bonds is 3. The van der Waals surface area contributed by atoms with Gasteiger partial charge < -0.3 is 14.0 Å². The zero-order valence-corrected chi connectivity index (χ0v) is 25.7. The molecular formula is C42H27N5O. The molecule has 0 atom stereocenters. The Kier molecular flexibility index (Phi) is 5.77. The molecular weight excluding hydrogens is 590 g/mol. The van der Waals surface area contributed by atoms with Crippen LogP contribution < -0.4 is 0 Å². The summed E-state index contributed by atoms with van der Waals surface area (Å²) in [6.45, 7) is 0. The van der Waals surface area contributed by atoms with Crippen molar-refractivity contribution < 1.29 is 4.42 Å². The molecule has 0 saturated heterocycles. The van der Waals surface area contributed by atoms with Gasteiger partial charge in [-0.1, -0.05) is 54.6 Å². The van der Waals surface area contributed by atoms with Crippen LogP contribution in [0.1, 0.15) is 0 Å². The normalized spacial score (nSPS) is 11.8. The number of nitrogens with one attached hydrogen (secondary N) is 1. The van der Waals surface area contributed by atoms with Gasteiger partial charge >= 0.3 is 0 Å². The topological polar surface area (TPSA) is 64.6 Å². The molecule has 0 fully saturated rings. The van der Waals surface area contributed by atoms with Gasteiger partial charge in [-0.2, -0.15) is 0 Å². The Bertz CT molecular complexity index is 2900. The number of fused-ring (bicyclic) bond motifs is 9. The van der Waals surface area contributed by atoms with Crippen molar-refractivity contribution in [1.29, 1.82) is 0 Å². The first-order valence-corrected chi connectivity index (χ1v) is 16.0. The Balaban J connectivity index is 1.16. The molecule has 6 nitrogen and oxygen atoms in total. The standard InChI is InChI=1S/C42H27N5O/c1-6-20-43-26-41(44-21-7-1)47-36-12-5-3-10-31(36)33-24-28(15-18-38(33)47)27-14-17-37-32(23-27)30-9-2-4-11-35(30)46(37)29-16-19-39-34(25-29)42-40(48-39)13-8-22-45-42/h1-26,43H. The molecule has 6 heteroatoms. The van der Waals surface area contributed by atoms with Crippen LogP contribution in [0.2, 0.25) is 0 Å². The third-order valence-corrected chi connectivity index (χ3v) is 9.29. The quantitative estimate of drug-likeness (QED) is 0.215. The molecule has 0 unspecified atom stereocenters. The fourth-order valence-electron chi connectivity index (χ4n) is 7.18. The maximum atomic E-state index is 6.08. The highest BCUT2D eigenvalue weighted by Gasteiger charge is 2.17. The van der Waals surface area contributed by atoms with Crippen LogP contribution in [0.25, 0.3) is 88.3 Å². The van der Waals surface area contributed by atoms with Gasteiger partial charge in [0, 0.05) is 57.4 Å². The van der Waals surface area contributed by atoms with E-state index in [1.54, 1.807) is 0 Å². The second kappa shape index (κ2) is 10.4. The summed E-state index contributed by atoms with van der Waals surface area (Å²) in [4.78, 5) is 12.7.